The van der Waals surface area contributed by atoms with Crippen LogP contribution in [0.4, 0.5) is 10.5 Å². The Morgan fingerprint density at radius 2 is 1.91 bits per heavy atom. The second-order valence-corrected chi connectivity index (χ2v) is 7.83. The highest BCUT2D eigenvalue weighted by molar-refractivity contribution is 6.34. The molecular formula is C23H25Cl2N3O5. The van der Waals surface area contributed by atoms with Crippen LogP contribution in [0.1, 0.15) is 28.4 Å². The summed E-state index contributed by atoms with van der Waals surface area (Å²) < 4.78 is 11.1. The minimum Gasteiger partial charge on any atom is -0.493 e. The fraction of sp³-hybridized carbons (Fsp3) is 0.348. The first-order valence-corrected chi connectivity index (χ1v) is 10.4. The molecule has 2 aromatic carbocycles. The second-order valence-electron chi connectivity index (χ2n) is 7.42. The molecule has 8 nitrogen and oxygen atoms in total. The first-order valence-electron chi connectivity index (χ1n) is 10.0. The number of fused-ring (bicyclic) bond motifs is 1. The fourth-order valence-corrected chi connectivity index (χ4v) is 3.86. The van der Waals surface area contributed by atoms with Crippen molar-refractivity contribution in [2.45, 2.75) is 26.9 Å². The molecule has 2 aromatic rings. The third-order valence-electron chi connectivity index (χ3n) is 5.14. The Morgan fingerprint density at radius 1 is 1.24 bits per heavy atom. The third kappa shape index (κ3) is 4.83. The summed E-state index contributed by atoms with van der Waals surface area (Å²) in [5, 5.41) is 0.684. The van der Waals surface area contributed by atoms with Crippen molar-refractivity contribution >= 4 is 47.6 Å². The van der Waals surface area contributed by atoms with Crippen LogP contribution in [0.5, 0.6) is 5.75 Å². The first kappa shape index (κ1) is 26.2. The van der Waals surface area contributed by atoms with Crippen molar-refractivity contribution in [3.05, 3.63) is 56.6 Å². The lowest BCUT2D eigenvalue weighted by Crippen LogP contribution is -2.53. The number of benzene rings is 2. The molecule has 0 saturated carbocycles. The normalized spacial score (nSPS) is 14.4. The van der Waals surface area contributed by atoms with E-state index >= 15 is 0 Å². The van der Waals surface area contributed by atoms with Crippen LogP contribution in [0, 0.1) is 13.8 Å². The topological polar surface area (TPSA) is 88.5 Å². The summed E-state index contributed by atoms with van der Waals surface area (Å²) in [5.41, 5.74) is 1.75. The maximum Gasteiger partial charge on any atom is 0.409 e. The predicted molar refractivity (Wildman–Crippen MR) is 127 cm³/mol. The van der Waals surface area contributed by atoms with Crippen LogP contribution in [-0.4, -0.2) is 56.3 Å². The van der Waals surface area contributed by atoms with Crippen molar-refractivity contribution < 1.29 is 23.9 Å². The van der Waals surface area contributed by atoms with Crippen molar-refractivity contribution in [3.8, 4) is 5.75 Å². The van der Waals surface area contributed by atoms with Crippen molar-refractivity contribution in [1.29, 1.82) is 0 Å². The van der Waals surface area contributed by atoms with Crippen molar-refractivity contribution in [2.24, 2.45) is 4.99 Å². The minimum absolute atomic E-state index is 0. The molecule has 0 aliphatic carbocycles. The zero-order valence-electron chi connectivity index (χ0n) is 19.0. The van der Waals surface area contributed by atoms with Gasteiger partial charge in [-0.25, -0.2) is 9.59 Å². The molecule has 1 aliphatic heterocycles. The number of carbonyl (C=O) groups excluding carboxylic acids is 3. The standard InChI is InChI=1S/C23H24ClN3O5.ClH/c1-6-31-21-13(2)15(11-28)20-19(14(21)3)22(29)27(17-10-8-7-9-16(17)24)18(25-20)12-32-23(30)26(4)5;/h7-10,18H,6,12H2,1-5H3;1H. The van der Waals surface area contributed by atoms with Crippen LogP contribution >= 0.6 is 24.0 Å². The maximum atomic E-state index is 13.8. The smallest absolute Gasteiger partial charge is 0.409 e. The van der Waals surface area contributed by atoms with Crippen LogP contribution in [0.15, 0.2) is 29.3 Å². The number of hydrogen-bond acceptors (Lipinski definition) is 6. The number of para-hydroxylation sites is 1. The van der Waals surface area contributed by atoms with Gasteiger partial charge in [-0.05, 0) is 32.9 Å². The van der Waals surface area contributed by atoms with E-state index in [0.29, 0.717) is 34.2 Å². The van der Waals surface area contributed by atoms with Gasteiger partial charge in [-0.15, -0.1) is 12.4 Å². The first-order chi connectivity index (χ1) is 15.2. The summed E-state index contributed by atoms with van der Waals surface area (Å²) in [7, 11) is 3.10. The van der Waals surface area contributed by atoms with Crippen molar-refractivity contribution in [2.75, 3.05) is 32.2 Å². The molecule has 1 heterocycles. The van der Waals surface area contributed by atoms with E-state index < -0.39 is 18.2 Å². The highest BCUT2D eigenvalue weighted by Gasteiger charge is 2.36. The highest BCUT2D eigenvalue weighted by atomic mass is 35.5. The van der Waals surface area contributed by atoms with E-state index in [4.69, 9.17) is 21.1 Å². The number of amides is 2. The molecule has 0 bridgehead atoms. The van der Waals surface area contributed by atoms with E-state index in [1.54, 1.807) is 52.2 Å². The van der Waals surface area contributed by atoms with Crippen molar-refractivity contribution in [1.82, 2.24) is 4.90 Å². The summed E-state index contributed by atoms with van der Waals surface area (Å²) in [6.45, 7) is 5.43. The van der Waals surface area contributed by atoms with E-state index in [2.05, 4.69) is 4.99 Å². The SMILES string of the molecule is CCOc1c(C)c2c(c(=C=O)c1C)=NC(COC(=O)N(C)C)N(c1ccccc1Cl)C2=O.Cl. The number of nitrogens with zero attached hydrogens (tertiary/aromatic N) is 3. The lowest BCUT2D eigenvalue weighted by molar-refractivity contribution is 0.0905. The molecule has 0 spiro atoms. The second kappa shape index (κ2) is 10.7. The molecule has 0 N–H and O–H groups in total. The van der Waals surface area contributed by atoms with Crippen LogP contribution in [0.3, 0.4) is 0 Å². The molecule has 0 aromatic heterocycles. The highest BCUT2D eigenvalue weighted by Crippen LogP contribution is 2.32. The number of anilines is 1. The fourth-order valence-electron chi connectivity index (χ4n) is 3.63. The summed E-state index contributed by atoms with van der Waals surface area (Å²) in [6.07, 6.45) is -1.51. The van der Waals surface area contributed by atoms with Crippen LogP contribution in [-0.2, 0) is 9.53 Å². The Balaban J connectivity index is 0.00000385. The number of hydrogen-bond donors (Lipinski definition) is 0. The Bertz CT molecular complexity index is 1230. The molecule has 0 radical (unpaired) electrons. The molecular weight excluding hydrogens is 469 g/mol. The Hall–Kier alpha value is -3.06. The van der Waals surface area contributed by atoms with Gasteiger partial charge >= 0.3 is 6.09 Å². The van der Waals surface area contributed by atoms with Crippen LogP contribution in [0.25, 0.3) is 0 Å². The van der Waals surface area contributed by atoms with Gasteiger partial charge in [0.25, 0.3) is 5.91 Å². The van der Waals surface area contributed by atoms with Gasteiger partial charge in [-0.2, -0.15) is 0 Å². The number of carbonyl (C=O) groups is 2. The number of rotatable bonds is 5. The predicted octanol–water partition coefficient (Wildman–Crippen LogP) is 2.58. The Labute approximate surface area is 202 Å². The lowest BCUT2D eigenvalue weighted by Gasteiger charge is -2.33. The lowest BCUT2D eigenvalue weighted by atomic mass is 9.97. The maximum absolute atomic E-state index is 13.8. The van der Waals surface area contributed by atoms with Crippen molar-refractivity contribution in [3.63, 3.8) is 0 Å². The molecule has 10 heteroatoms. The average molecular weight is 494 g/mol. The minimum atomic E-state index is -0.928. The molecule has 33 heavy (non-hydrogen) atoms. The van der Waals surface area contributed by atoms with Gasteiger partial charge in [-0.3, -0.25) is 14.7 Å². The molecule has 0 saturated heterocycles. The molecule has 1 aliphatic rings. The van der Waals surface area contributed by atoms with E-state index in [9.17, 15) is 14.4 Å². The van der Waals surface area contributed by atoms with E-state index in [-0.39, 0.29) is 35.2 Å². The molecule has 2 amide bonds. The molecule has 176 valence electrons. The number of ether oxygens (including phenoxy) is 2. The summed E-state index contributed by atoms with van der Waals surface area (Å²) in [6, 6.07) is 6.82. The van der Waals surface area contributed by atoms with Gasteiger partial charge in [0, 0.05) is 25.2 Å². The van der Waals surface area contributed by atoms with Crippen LogP contribution in [0.2, 0.25) is 5.02 Å². The van der Waals surface area contributed by atoms with Gasteiger partial charge in [0.05, 0.1) is 33.5 Å². The molecule has 1 atom stereocenters. The quantitative estimate of drug-likeness (QED) is 0.638. The average Bonchev–Trinajstić information content (AvgIpc) is 2.75. The Morgan fingerprint density at radius 3 is 2.48 bits per heavy atom. The summed E-state index contributed by atoms with van der Waals surface area (Å²) in [4.78, 5) is 45.0. The van der Waals surface area contributed by atoms with Crippen LogP contribution < -0.4 is 20.2 Å². The van der Waals surface area contributed by atoms with E-state index in [0.717, 1.165) is 0 Å². The monoisotopic (exact) mass is 493 g/mol. The zero-order valence-corrected chi connectivity index (χ0v) is 20.5. The molecule has 3 rings (SSSR count). The third-order valence-corrected chi connectivity index (χ3v) is 5.46. The summed E-state index contributed by atoms with van der Waals surface area (Å²) in [5.74, 6) is 1.93. The zero-order chi connectivity index (χ0) is 23.6. The van der Waals surface area contributed by atoms with E-state index in [1.165, 1.54) is 9.80 Å². The number of halogens is 2. The van der Waals surface area contributed by atoms with Gasteiger partial charge in [0.2, 0.25) is 0 Å². The van der Waals surface area contributed by atoms with Gasteiger partial charge in [-0.1, -0.05) is 23.7 Å². The molecule has 1 unspecified atom stereocenters. The van der Waals surface area contributed by atoms with Gasteiger partial charge in [0.1, 0.15) is 18.3 Å². The summed E-state index contributed by atoms with van der Waals surface area (Å²) >= 11 is 6.39. The van der Waals surface area contributed by atoms with E-state index in [1.807, 2.05) is 12.9 Å². The van der Waals surface area contributed by atoms with Gasteiger partial charge < -0.3 is 14.4 Å². The Kier molecular flexibility index (Phi) is 8.50. The molecule has 0 fully saturated rings. The largest absolute Gasteiger partial charge is 0.493 e. The van der Waals surface area contributed by atoms with Gasteiger partial charge in [0.15, 0.2) is 6.17 Å².